The first-order valence-corrected chi connectivity index (χ1v) is 7.58. The van der Waals surface area contributed by atoms with Gasteiger partial charge in [0.15, 0.2) is 0 Å². The minimum absolute atomic E-state index is 0.0102. The van der Waals surface area contributed by atoms with E-state index in [1.54, 1.807) is 23.1 Å². The first kappa shape index (κ1) is 16.4. The SMILES string of the molecule is O=C(Nc1cc(Cl)cc(Cl)c1)N1CCC[C@H](OCCO)C1. The summed E-state index contributed by atoms with van der Waals surface area (Å²) < 4.78 is 5.49. The summed E-state index contributed by atoms with van der Waals surface area (Å²) in [5.74, 6) is 0. The average molecular weight is 333 g/mol. The second kappa shape index (κ2) is 7.84. The Morgan fingerprint density at radius 3 is 2.76 bits per heavy atom. The maximum Gasteiger partial charge on any atom is 0.321 e. The van der Waals surface area contributed by atoms with Gasteiger partial charge in [-0.25, -0.2) is 4.79 Å². The number of urea groups is 1. The zero-order chi connectivity index (χ0) is 15.2. The van der Waals surface area contributed by atoms with Crippen LogP contribution in [0.3, 0.4) is 0 Å². The number of nitrogens with zero attached hydrogens (tertiary/aromatic N) is 1. The van der Waals surface area contributed by atoms with E-state index in [-0.39, 0.29) is 18.7 Å². The van der Waals surface area contributed by atoms with Gasteiger partial charge in [-0.2, -0.15) is 0 Å². The molecular formula is C14H18Cl2N2O3. The summed E-state index contributed by atoms with van der Waals surface area (Å²) in [7, 11) is 0. The molecule has 1 aliphatic rings. The Labute approximate surface area is 133 Å². The molecule has 1 aliphatic heterocycles. The third-order valence-corrected chi connectivity index (χ3v) is 3.66. The highest BCUT2D eigenvalue weighted by Crippen LogP contribution is 2.23. The van der Waals surface area contributed by atoms with Crippen LogP contribution in [0.5, 0.6) is 0 Å². The molecule has 0 bridgehead atoms. The van der Waals surface area contributed by atoms with Crippen LogP contribution < -0.4 is 5.32 Å². The van der Waals surface area contributed by atoms with E-state index in [2.05, 4.69) is 5.32 Å². The van der Waals surface area contributed by atoms with E-state index in [9.17, 15) is 4.79 Å². The van der Waals surface area contributed by atoms with Crippen molar-refractivity contribution in [2.45, 2.75) is 18.9 Å². The summed E-state index contributed by atoms with van der Waals surface area (Å²) >= 11 is 11.8. The van der Waals surface area contributed by atoms with E-state index >= 15 is 0 Å². The van der Waals surface area contributed by atoms with Crippen LogP contribution in [0.1, 0.15) is 12.8 Å². The topological polar surface area (TPSA) is 61.8 Å². The summed E-state index contributed by atoms with van der Waals surface area (Å²) in [5.41, 5.74) is 0.566. The number of halogens is 2. The molecule has 1 atom stereocenters. The van der Waals surface area contributed by atoms with Crippen molar-refractivity contribution in [1.82, 2.24) is 4.90 Å². The van der Waals surface area contributed by atoms with Gasteiger partial charge in [-0.05, 0) is 31.0 Å². The van der Waals surface area contributed by atoms with Gasteiger partial charge < -0.3 is 20.1 Å². The second-order valence-corrected chi connectivity index (χ2v) is 5.77. The number of piperidine rings is 1. The number of anilines is 1. The number of hydrogen-bond acceptors (Lipinski definition) is 3. The highest BCUT2D eigenvalue weighted by molar-refractivity contribution is 6.35. The monoisotopic (exact) mass is 332 g/mol. The number of aliphatic hydroxyl groups excluding tert-OH is 1. The molecular weight excluding hydrogens is 315 g/mol. The number of likely N-dealkylation sites (tertiary alicyclic amines) is 1. The predicted octanol–water partition coefficient (Wildman–Crippen LogP) is 3.00. The van der Waals surface area contributed by atoms with Crippen molar-refractivity contribution in [1.29, 1.82) is 0 Å². The van der Waals surface area contributed by atoms with Crippen LogP contribution in [0.4, 0.5) is 10.5 Å². The first-order chi connectivity index (χ1) is 10.1. The van der Waals surface area contributed by atoms with E-state index in [4.69, 9.17) is 33.0 Å². The number of rotatable bonds is 4. The molecule has 0 radical (unpaired) electrons. The summed E-state index contributed by atoms with van der Waals surface area (Å²) in [5, 5.41) is 12.5. The van der Waals surface area contributed by atoms with Crippen molar-refractivity contribution < 1.29 is 14.6 Å². The molecule has 1 aromatic rings. The molecule has 21 heavy (non-hydrogen) atoms. The molecule has 5 nitrogen and oxygen atoms in total. The molecule has 116 valence electrons. The molecule has 0 unspecified atom stereocenters. The number of ether oxygens (including phenoxy) is 1. The fraction of sp³-hybridized carbons (Fsp3) is 0.500. The van der Waals surface area contributed by atoms with Crippen LogP contribution in [0.2, 0.25) is 10.0 Å². The van der Waals surface area contributed by atoms with Gasteiger partial charge >= 0.3 is 6.03 Å². The van der Waals surface area contributed by atoms with Crippen molar-refractivity contribution in [3.05, 3.63) is 28.2 Å². The lowest BCUT2D eigenvalue weighted by Crippen LogP contribution is -2.45. The lowest BCUT2D eigenvalue weighted by atomic mass is 10.1. The third-order valence-electron chi connectivity index (χ3n) is 3.22. The zero-order valence-corrected chi connectivity index (χ0v) is 13.0. The summed E-state index contributed by atoms with van der Waals surface area (Å²) in [4.78, 5) is 13.9. The lowest BCUT2D eigenvalue weighted by Gasteiger charge is -2.32. The normalized spacial score (nSPS) is 18.6. The molecule has 0 aromatic heterocycles. The van der Waals surface area contributed by atoms with Crippen molar-refractivity contribution in [2.75, 3.05) is 31.6 Å². The van der Waals surface area contributed by atoms with Gasteiger partial charge in [0.05, 0.1) is 19.3 Å². The zero-order valence-electron chi connectivity index (χ0n) is 11.5. The molecule has 0 spiro atoms. The van der Waals surface area contributed by atoms with Gasteiger partial charge in [-0.3, -0.25) is 0 Å². The Bertz CT molecular complexity index is 479. The van der Waals surface area contributed by atoms with Gasteiger partial charge in [0.25, 0.3) is 0 Å². The second-order valence-electron chi connectivity index (χ2n) is 4.89. The average Bonchev–Trinajstić information content (AvgIpc) is 2.44. The summed E-state index contributed by atoms with van der Waals surface area (Å²) in [6, 6.07) is 4.70. The number of aliphatic hydroxyl groups is 1. The van der Waals surface area contributed by atoms with Crippen LogP contribution in [0, 0.1) is 0 Å². The Hall–Kier alpha value is -1.01. The van der Waals surface area contributed by atoms with Crippen LogP contribution in [-0.2, 0) is 4.74 Å². The summed E-state index contributed by atoms with van der Waals surface area (Å²) in [6.45, 7) is 1.48. The van der Waals surface area contributed by atoms with Crippen molar-refractivity contribution >= 4 is 34.9 Å². The largest absolute Gasteiger partial charge is 0.394 e. The standard InChI is InChI=1S/C14H18Cl2N2O3/c15-10-6-11(16)8-12(7-10)17-14(20)18-3-1-2-13(9-18)21-5-4-19/h6-8,13,19H,1-5,9H2,(H,17,20)/t13-/m0/s1. The highest BCUT2D eigenvalue weighted by Gasteiger charge is 2.24. The molecule has 1 heterocycles. The molecule has 2 N–H and O–H groups in total. The number of carbonyl (C=O) groups excluding carboxylic acids is 1. The molecule has 7 heteroatoms. The Morgan fingerprint density at radius 2 is 2.10 bits per heavy atom. The molecule has 2 amide bonds. The van der Waals surface area contributed by atoms with E-state index in [0.717, 1.165) is 12.8 Å². The molecule has 1 aromatic carbocycles. The van der Waals surface area contributed by atoms with Gasteiger partial charge in [0, 0.05) is 28.8 Å². The molecule has 0 saturated carbocycles. The van der Waals surface area contributed by atoms with Gasteiger partial charge in [0.1, 0.15) is 0 Å². The Kier molecular flexibility index (Phi) is 6.11. The third kappa shape index (κ3) is 5.04. The van der Waals surface area contributed by atoms with E-state index in [1.807, 2.05) is 0 Å². The first-order valence-electron chi connectivity index (χ1n) is 6.83. The van der Waals surface area contributed by atoms with Crippen LogP contribution in [0.25, 0.3) is 0 Å². The number of nitrogens with one attached hydrogen (secondary N) is 1. The van der Waals surface area contributed by atoms with E-state index in [0.29, 0.717) is 35.4 Å². The maximum absolute atomic E-state index is 12.2. The number of carbonyl (C=O) groups is 1. The quantitative estimate of drug-likeness (QED) is 0.890. The van der Waals surface area contributed by atoms with Crippen LogP contribution in [0.15, 0.2) is 18.2 Å². The van der Waals surface area contributed by atoms with Gasteiger partial charge in [0.2, 0.25) is 0 Å². The number of hydrogen-bond donors (Lipinski definition) is 2. The number of amides is 2. The lowest BCUT2D eigenvalue weighted by molar-refractivity contribution is -0.00462. The van der Waals surface area contributed by atoms with Crippen molar-refractivity contribution in [2.24, 2.45) is 0 Å². The molecule has 1 saturated heterocycles. The van der Waals surface area contributed by atoms with Crippen LogP contribution in [-0.4, -0.2) is 48.4 Å². The fourth-order valence-electron chi connectivity index (χ4n) is 2.31. The highest BCUT2D eigenvalue weighted by atomic mass is 35.5. The van der Waals surface area contributed by atoms with Crippen molar-refractivity contribution in [3.8, 4) is 0 Å². The van der Waals surface area contributed by atoms with Gasteiger partial charge in [-0.1, -0.05) is 23.2 Å². The van der Waals surface area contributed by atoms with E-state index < -0.39 is 0 Å². The van der Waals surface area contributed by atoms with Gasteiger partial charge in [-0.15, -0.1) is 0 Å². The molecule has 2 rings (SSSR count). The van der Waals surface area contributed by atoms with Crippen molar-refractivity contribution in [3.63, 3.8) is 0 Å². The number of benzene rings is 1. The Balaban J connectivity index is 1.93. The molecule has 1 fully saturated rings. The Morgan fingerprint density at radius 1 is 1.38 bits per heavy atom. The predicted molar refractivity (Wildman–Crippen MR) is 83.1 cm³/mol. The molecule has 0 aliphatic carbocycles. The van der Waals surface area contributed by atoms with Crippen LogP contribution >= 0.6 is 23.2 Å². The maximum atomic E-state index is 12.2. The minimum atomic E-state index is -0.203. The minimum Gasteiger partial charge on any atom is -0.394 e. The summed E-state index contributed by atoms with van der Waals surface area (Å²) in [6.07, 6.45) is 1.74. The fourth-order valence-corrected chi connectivity index (χ4v) is 2.83. The van der Waals surface area contributed by atoms with E-state index in [1.165, 1.54) is 0 Å². The smallest absolute Gasteiger partial charge is 0.321 e.